The summed E-state index contributed by atoms with van der Waals surface area (Å²) in [6.45, 7) is 0.165. The molecule has 1 saturated carbocycles. The molecular weight excluding hydrogens is 239 g/mol. The molecule has 1 aliphatic rings. The van der Waals surface area contributed by atoms with Crippen LogP contribution in [0.3, 0.4) is 0 Å². The SMILES string of the molecule is COCc1cc(F)cc(OC)c1C1(C(=O)O)CC1. The Morgan fingerprint density at radius 3 is 2.56 bits per heavy atom. The van der Waals surface area contributed by atoms with Gasteiger partial charge in [-0.05, 0) is 24.5 Å². The Hall–Kier alpha value is -1.62. The normalized spacial score (nSPS) is 16.4. The lowest BCUT2D eigenvalue weighted by atomic mass is 9.90. The second kappa shape index (κ2) is 4.57. The van der Waals surface area contributed by atoms with Crippen molar-refractivity contribution in [2.75, 3.05) is 14.2 Å². The van der Waals surface area contributed by atoms with E-state index in [1.807, 2.05) is 0 Å². The van der Waals surface area contributed by atoms with Crippen molar-refractivity contribution < 1.29 is 23.8 Å². The van der Waals surface area contributed by atoms with Gasteiger partial charge in [-0.15, -0.1) is 0 Å². The fraction of sp³-hybridized carbons (Fsp3) is 0.462. The van der Waals surface area contributed by atoms with E-state index in [0.29, 0.717) is 24.0 Å². The van der Waals surface area contributed by atoms with Gasteiger partial charge in [0.1, 0.15) is 11.6 Å². The zero-order chi connectivity index (χ0) is 13.3. The monoisotopic (exact) mass is 254 g/mol. The first kappa shape index (κ1) is 12.8. The molecule has 0 atom stereocenters. The number of hydrogen-bond donors (Lipinski definition) is 1. The van der Waals surface area contributed by atoms with Gasteiger partial charge in [0.25, 0.3) is 0 Å². The molecule has 98 valence electrons. The number of hydrogen-bond acceptors (Lipinski definition) is 3. The second-order valence-electron chi connectivity index (χ2n) is 4.46. The zero-order valence-corrected chi connectivity index (χ0v) is 10.3. The van der Waals surface area contributed by atoms with E-state index in [9.17, 15) is 14.3 Å². The van der Waals surface area contributed by atoms with E-state index in [2.05, 4.69) is 0 Å². The molecule has 1 fully saturated rings. The van der Waals surface area contributed by atoms with Crippen LogP contribution in [0, 0.1) is 5.82 Å². The molecule has 0 aliphatic heterocycles. The molecule has 1 N–H and O–H groups in total. The highest BCUT2D eigenvalue weighted by Crippen LogP contribution is 2.53. The van der Waals surface area contributed by atoms with Crippen LogP contribution in [0.15, 0.2) is 12.1 Å². The van der Waals surface area contributed by atoms with Crippen molar-refractivity contribution in [3.05, 3.63) is 29.1 Å². The number of benzene rings is 1. The Balaban J connectivity index is 2.59. The minimum atomic E-state index is -0.938. The topological polar surface area (TPSA) is 55.8 Å². The maximum absolute atomic E-state index is 13.4. The molecular formula is C13H15FO4. The van der Waals surface area contributed by atoms with Crippen molar-refractivity contribution in [2.24, 2.45) is 0 Å². The minimum absolute atomic E-state index is 0.165. The summed E-state index contributed by atoms with van der Waals surface area (Å²) in [4.78, 5) is 11.4. The Bertz CT molecular complexity index is 480. The maximum Gasteiger partial charge on any atom is 0.314 e. The van der Waals surface area contributed by atoms with Crippen molar-refractivity contribution in [1.29, 1.82) is 0 Å². The van der Waals surface area contributed by atoms with Gasteiger partial charge < -0.3 is 14.6 Å². The maximum atomic E-state index is 13.4. The Morgan fingerprint density at radius 1 is 1.44 bits per heavy atom. The van der Waals surface area contributed by atoms with Gasteiger partial charge in [-0.25, -0.2) is 4.39 Å². The Kier molecular flexibility index (Phi) is 3.26. The van der Waals surface area contributed by atoms with E-state index in [1.54, 1.807) is 0 Å². The third-order valence-corrected chi connectivity index (χ3v) is 3.31. The molecule has 4 nitrogen and oxygen atoms in total. The molecule has 0 spiro atoms. The minimum Gasteiger partial charge on any atom is -0.496 e. The number of ether oxygens (including phenoxy) is 2. The van der Waals surface area contributed by atoms with Gasteiger partial charge >= 0.3 is 5.97 Å². The molecule has 1 aromatic carbocycles. The lowest BCUT2D eigenvalue weighted by molar-refractivity contribution is -0.140. The molecule has 0 unspecified atom stereocenters. The van der Waals surface area contributed by atoms with Crippen LogP contribution >= 0.6 is 0 Å². The van der Waals surface area contributed by atoms with Crippen LogP contribution in [-0.4, -0.2) is 25.3 Å². The number of aliphatic carboxylic acids is 1. The van der Waals surface area contributed by atoms with Crippen molar-refractivity contribution >= 4 is 5.97 Å². The highest BCUT2D eigenvalue weighted by molar-refractivity contribution is 5.86. The van der Waals surface area contributed by atoms with Gasteiger partial charge in [-0.3, -0.25) is 4.79 Å². The molecule has 0 bridgehead atoms. The second-order valence-corrected chi connectivity index (χ2v) is 4.46. The molecule has 5 heteroatoms. The number of carboxylic acid groups (broad SMARTS) is 1. The molecule has 0 saturated heterocycles. The van der Waals surface area contributed by atoms with Crippen molar-refractivity contribution in [1.82, 2.24) is 0 Å². The summed E-state index contributed by atoms with van der Waals surface area (Å²) in [6.07, 6.45) is 1.09. The predicted octanol–water partition coefficient (Wildman–Crippen LogP) is 2.10. The number of rotatable bonds is 5. The Morgan fingerprint density at radius 2 is 2.11 bits per heavy atom. The Labute approximate surface area is 104 Å². The smallest absolute Gasteiger partial charge is 0.314 e. The quantitative estimate of drug-likeness (QED) is 0.874. The average Bonchev–Trinajstić information content (AvgIpc) is 3.09. The van der Waals surface area contributed by atoms with E-state index in [1.165, 1.54) is 26.4 Å². The first-order chi connectivity index (χ1) is 8.55. The van der Waals surface area contributed by atoms with E-state index in [4.69, 9.17) is 9.47 Å². The van der Waals surface area contributed by atoms with Gasteiger partial charge in [-0.2, -0.15) is 0 Å². The van der Waals surface area contributed by atoms with Gasteiger partial charge in [0.15, 0.2) is 0 Å². The van der Waals surface area contributed by atoms with Crippen LogP contribution in [0.4, 0.5) is 4.39 Å². The van der Waals surface area contributed by atoms with Crippen LogP contribution in [0.25, 0.3) is 0 Å². The van der Waals surface area contributed by atoms with Crippen molar-refractivity contribution in [3.8, 4) is 5.75 Å². The zero-order valence-electron chi connectivity index (χ0n) is 10.3. The first-order valence-electron chi connectivity index (χ1n) is 5.64. The fourth-order valence-corrected chi connectivity index (χ4v) is 2.31. The summed E-state index contributed by atoms with van der Waals surface area (Å²) in [5.41, 5.74) is 0.141. The third-order valence-electron chi connectivity index (χ3n) is 3.31. The fourth-order valence-electron chi connectivity index (χ4n) is 2.31. The summed E-state index contributed by atoms with van der Waals surface area (Å²) in [6, 6.07) is 2.53. The average molecular weight is 254 g/mol. The summed E-state index contributed by atoms with van der Waals surface area (Å²) in [5, 5.41) is 9.35. The van der Waals surface area contributed by atoms with E-state index >= 15 is 0 Å². The predicted molar refractivity (Wildman–Crippen MR) is 62.2 cm³/mol. The van der Waals surface area contributed by atoms with E-state index in [0.717, 1.165) is 0 Å². The number of methoxy groups -OCH3 is 2. The summed E-state index contributed by atoms with van der Waals surface area (Å²) in [7, 11) is 2.90. The van der Waals surface area contributed by atoms with Crippen LogP contribution < -0.4 is 4.74 Å². The number of halogens is 1. The van der Waals surface area contributed by atoms with E-state index in [-0.39, 0.29) is 12.4 Å². The van der Waals surface area contributed by atoms with Crippen LogP contribution in [0.2, 0.25) is 0 Å². The molecule has 0 heterocycles. The summed E-state index contributed by atoms with van der Waals surface area (Å²) < 4.78 is 23.6. The molecule has 0 radical (unpaired) electrons. The van der Waals surface area contributed by atoms with Gasteiger partial charge in [0, 0.05) is 18.7 Å². The molecule has 1 aliphatic carbocycles. The largest absolute Gasteiger partial charge is 0.496 e. The number of carbonyl (C=O) groups is 1. The lowest BCUT2D eigenvalue weighted by Crippen LogP contribution is -2.22. The standard InChI is InChI=1S/C13H15FO4/c1-17-7-8-5-9(14)6-10(18-2)11(8)13(3-4-13)12(15)16/h5-6H,3-4,7H2,1-2H3,(H,15,16). The van der Waals surface area contributed by atoms with E-state index < -0.39 is 17.2 Å². The highest BCUT2D eigenvalue weighted by Gasteiger charge is 2.54. The van der Waals surface area contributed by atoms with Crippen molar-refractivity contribution in [2.45, 2.75) is 24.9 Å². The number of carboxylic acids is 1. The summed E-state index contributed by atoms with van der Waals surface area (Å²) >= 11 is 0. The summed E-state index contributed by atoms with van der Waals surface area (Å²) in [5.74, 6) is -1.07. The van der Waals surface area contributed by atoms with Crippen molar-refractivity contribution in [3.63, 3.8) is 0 Å². The lowest BCUT2D eigenvalue weighted by Gasteiger charge is -2.19. The first-order valence-corrected chi connectivity index (χ1v) is 5.64. The molecule has 0 amide bonds. The van der Waals surface area contributed by atoms with Crippen LogP contribution in [0.1, 0.15) is 24.0 Å². The third kappa shape index (κ3) is 1.95. The highest BCUT2D eigenvalue weighted by atomic mass is 19.1. The van der Waals surface area contributed by atoms with Gasteiger partial charge in [0.05, 0.1) is 19.1 Å². The molecule has 0 aromatic heterocycles. The molecule has 2 rings (SSSR count). The molecule has 18 heavy (non-hydrogen) atoms. The molecule has 1 aromatic rings. The van der Waals surface area contributed by atoms with Crippen LogP contribution in [0.5, 0.6) is 5.75 Å². The van der Waals surface area contributed by atoms with Crippen LogP contribution in [-0.2, 0) is 21.6 Å². The van der Waals surface area contributed by atoms with Gasteiger partial charge in [0.2, 0.25) is 0 Å². The van der Waals surface area contributed by atoms with Gasteiger partial charge in [-0.1, -0.05) is 0 Å².